The van der Waals surface area contributed by atoms with E-state index in [4.69, 9.17) is 27.6 Å². The first kappa shape index (κ1) is 19.9. The summed E-state index contributed by atoms with van der Waals surface area (Å²) in [5, 5.41) is 5.78. The third-order valence-corrected chi connectivity index (χ3v) is 5.99. The molecule has 1 saturated heterocycles. The second-order valence-electron chi connectivity index (χ2n) is 7.17. The van der Waals surface area contributed by atoms with E-state index in [1.165, 1.54) is 0 Å². The Kier molecular flexibility index (Phi) is 5.56. The molecule has 1 aliphatic heterocycles. The van der Waals surface area contributed by atoms with Gasteiger partial charge in [-0.25, -0.2) is 0 Å². The molecule has 0 radical (unpaired) electrons. The number of anilines is 1. The number of piperazine rings is 1. The summed E-state index contributed by atoms with van der Waals surface area (Å²) in [5.74, 6) is 0.936. The lowest BCUT2D eigenvalue weighted by Gasteiger charge is -2.35. The molecule has 4 rings (SSSR count). The van der Waals surface area contributed by atoms with E-state index in [2.05, 4.69) is 10.00 Å². The fraction of sp³-hybridized carbons (Fsp3) is 0.333. The lowest BCUT2D eigenvalue weighted by atomic mass is 10.2. The van der Waals surface area contributed by atoms with Crippen molar-refractivity contribution in [2.75, 3.05) is 31.1 Å². The number of carbonyl (C=O) groups excluding carboxylic acids is 1. The number of benzene rings is 1. The van der Waals surface area contributed by atoms with Crippen molar-refractivity contribution >= 4 is 34.8 Å². The Balaban J connectivity index is 1.39. The van der Waals surface area contributed by atoms with Gasteiger partial charge in [0.15, 0.2) is 5.76 Å². The summed E-state index contributed by atoms with van der Waals surface area (Å²) in [6.07, 6.45) is 0. The van der Waals surface area contributed by atoms with Crippen LogP contribution in [-0.4, -0.2) is 46.8 Å². The van der Waals surface area contributed by atoms with E-state index in [-0.39, 0.29) is 5.91 Å². The first-order valence-corrected chi connectivity index (χ1v) is 10.3. The quantitative estimate of drug-likeness (QED) is 0.612. The van der Waals surface area contributed by atoms with Crippen LogP contribution in [0.3, 0.4) is 0 Å². The van der Waals surface area contributed by atoms with Crippen molar-refractivity contribution in [3.8, 4) is 0 Å². The molecular weight excluding hydrogens is 411 g/mol. The summed E-state index contributed by atoms with van der Waals surface area (Å²) < 4.78 is 7.59. The molecule has 29 heavy (non-hydrogen) atoms. The number of hydrogen-bond donors (Lipinski definition) is 0. The topological polar surface area (TPSA) is 54.5 Å². The third kappa shape index (κ3) is 4.14. The maximum atomic E-state index is 12.8. The minimum atomic E-state index is -0.0894. The molecule has 8 heteroatoms. The maximum absolute atomic E-state index is 12.8. The van der Waals surface area contributed by atoms with Crippen LogP contribution in [0.4, 0.5) is 5.69 Å². The first-order chi connectivity index (χ1) is 13.9. The molecule has 3 aromatic rings. The van der Waals surface area contributed by atoms with E-state index < -0.39 is 0 Å². The summed E-state index contributed by atoms with van der Waals surface area (Å²) in [4.78, 5) is 16.9. The van der Waals surface area contributed by atoms with Crippen LogP contribution in [0.2, 0.25) is 10.0 Å². The standard InChI is InChI=1S/C21H22Cl2N4O2/c1-14-20(23)15(2)27(24-14)13-18-6-7-19(29-18)21(28)26-10-8-25(9-11-26)17-5-3-4-16(22)12-17/h3-7,12H,8-11,13H2,1-2H3. The number of aromatic nitrogens is 2. The highest BCUT2D eigenvalue weighted by Gasteiger charge is 2.24. The number of rotatable bonds is 4. The van der Waals surface area contributed by atoms with E-state index in [1.807, 2.05) is 49.1 Å². The fourth-order valence-corrected chi connectivity index (χ4v) is 3.87. The van der Waals surface area contributed by atoms with Gasteiger partial charge in [0.1, 0.15) is 5.76 Å². The predicted octanol–water partition coefficient (Wildman–Crippen LogP) is 4.41. The number of furan rings is 1. The molecule has 6 nitrogen and oxygen atoms in total. The van der Waals surface area contributed by atoms with Crippen LogP contribution in [0.25, 0.3) is 0 Å². The zero-order chi connectivity index (χ0) is 20.5. The van der Waals surface area contributed by atoms with Gasteiger partial charge in [-0.2, -0.15) is 5.10 Å². The molecule has 2 aromatic heterocycles. The Labute approximate surface area is 179 Å². The van der Waals surface area contributed by atoms with Gasteiger partial charge >= 0.3 is 0 Å². The van der Waals surface area contributed by atoms with Gasteiger partial charge in [-0.1, -0.05) is 29.3 Å². The van der Waals surface area contributed by atoms with Crippen molar-refractivity contribution in [1.82, 2.24) is 14.7 Å². The van der Waals surface area contributed by atoms with Crippen molar-refractivity contribution in [2.24, 2.45) is 0 Å². The summed E-state index contributed by atoms with van der Waals surface area (Å²) >= 11 is 12.3. The normalized spacial score (nSPS) is 14.5. The average molecular weight is 433 g/mol. The van der Waals surface area contributed by atoms with Gasteiger partial charge in [-0.15, -0.1) is 0 Å². The van der Waals surface area contributed by atoms with Crippen LogP contribution in [-0.2, 0) is 6.54 Å². The number of carbonyl (C=O) groups is 1. The Bertz CT molecular complexity index is 1040. The zero-order valence-corrected chi connectivity index (χ0v) is 17.9. The summed E-state index contributed by atoms with van der Waals surface area (Å²) in [5.41, 5.74) is 2.74. The molecule has 0 N–H and O–H groups in total. The Morgan fingerprint density at radius 3 is 2.52 bits per heavy atom. The molecule has 1 aliphatic rings. The van der Waals surface area contributed by atoms with Gasteiger partial charge in [0.2, 0.25) is 0 Å². The monoisotopic (exact) mass is 432 g/mol. The lowest BCUT2D eigenvalue weighted by Crippen LogP contribution is -2.48. The number of nitrogens with zero attached hydrogens (tertiary/aromatic N) is 4. The smallest absolute Gasteiger partial charge is 0.289 e. The molecule has 0 spiro atoms. The van der Waals surface area contributed by atoms with Crippen LogP contribution in [0.5, 0.6) is 0 Å². The summed E-state index contributed by atoms with van der Waals surface area (Å²) in [7, 11) is 0. The highest BCUT2D eigenvalue weighted by Crippen LogP contribution is 2.23. The summed E-state index contributed by atoms with van der Waals surface area (Å²) in [6, 6.07) is 11.3. The SMILES string of the molecule is Cc1nn(Cc2ccc(C(=O)N3CCN(c4cccc(Cl)c4)CC3)o2)c(C)c1Cl. The van der Waals surface area contributed by atoms with E-state index >= 15 is 0 Å². The zero-order valence-electron chi connectivity index (χ0n) is 16.4. The van der Waals surface area contributed by atoms with Gasteiger partial charge in [0.05, 0.1) is 23.0 Å². The van der Waals surface area contributed by atoms with Crippen LogP contribution >= 0.6 is 23.2 Å². The van der Waals surface area contributed by atoms with Crippen molar-refractivity contribution in [1.29, 1.82) is 0 Å². The lowest BCUT2D eigenvalue weighted by molar-refractivity contribution is 0.0712. The van der Waals surface area contributed by atoms with Crippen molar-refractivity contribution in [2.45, 2.75) is 20.4 Å². The summed E-state index contributed by atoms with van der Waals surface area (Å²) in [6.45, 7) is 6.99. The Morgan fingerprint density at radius 2 is 1.86 bits per heavy atom. The highest BCUT2D eigenvalue weighted by atomic mass is 35.5. The fourth-order valence-electron chi connectivity index (χ4n) is 3.55. The first-order valence-electron chi connectivity index (χ1n) is 9.50. The predicted molar refractivity (Wildman–Crippen MR) is 114 cm³/mol. The molecule has 1 fully saturated rings. The van der Waals surface area contributed by atoms with Crippen LogP contribution < -0.4 is 4.90 Å². The van der Waals surface area contributed by atoms with E-state index in [1.54, 1.807) is 10.7 Å². The van der Waals surface area contributed by atoms with Crippen molar-refractivity contribution < 1.29 is 9.21 Å². The molecule has 0 atom stereocenters. The number of halogens is 2. The van der Waals surface area contributed by atoms with Crippen LogP contribution in [0.1, 0.15) is 27.7 Å². The molecule has 0 bridgehead atoms. The second-order valence-corrected chi connectivity index (χ2v) is 7.98. The largest absolute Gasteiger partial charge is 0.454 e. The van der Waals surface area contributed by atoms with Crippen molar-refractivity contribution in [3.63, 3.8) is 0 Å². The van der Waals surface area contributed by atoms with Crippen LogP contribution in [0.15, 0.2) is 40.8 Å². The average Bonchev–Trinajstić information content (AvgIpc) is 3.28. The molecule has 0 unspecified atom stereocenters. The molecule has 1 amide bonds. The minimum Gasteiger partial charge on any atom is -0.454 e. The van der Waals surface area contributed by atoms with E-state index in [0.717, 1.165) is 30.2 Å². The van der Waals surface area contributed by atoms with Gasteiger partial charge < -0.3 is 14.2 Å². The molecule has 0 aliphatic carbocycles. The molecule has 1 aromatic carbocycles. The number of hydrogen-bond acceptors (Lipinski definition) is 4. The molecule has 0 saturated carbocycles. The van der Waals surface area contributed by atoms with Gasteiger partial charge in [-0.05, 0) is 44.2 Å². The number of aryl methyl sites for hydroxylation is 1. The Hall–Kier alpha value is -2.44. The molecule has 152 valence electrons. The Morgan fingerprint density at radius 1 is 1.10 bits per heavy atom. The molecular formula is C21H22Cl2N4O2. The number of amides is 1. The van der Waals surface area contributed by atoms with E-state index in [0.29, 0.717) is 41.2 Å². The van der Waals surface area contributed by atoms with Crippen LogP contribution in [0, 0.1) is 13.8 Å². The van der Waals surface area contributed by atoms with Gasteiger partial charge in [0.25, 0.3) is 5.91 Å². The van der Waals surface area contributed by atoms with Gasteiger partial charge in [0, 0.05) is 36.9 Å². The second kappa shape index (κ2) is 8.13. The maximum Gasteiger partial charge on any atom is 0.289 e. The third-order valence-electron chi connectivity index (χ3n) is 5.21. The highest BCUT2D eigenvalue weighted by molar-refractivity contribution is 6.31. The van der Waals surface area contributed by atoms with E-state index in [9.17, 15) is 4.79 Å². The molecule has 3 heterocycles. The van der Waals surface area contributed by atoms with Crippen molar-refractivity contribution in [3.05, 3.63) is 69.4 Å². The minimum absolute atomic E-state index is 0.0894. The van der Waals surface area contributed by atoms with Gasteiger partial charge in [-0.3, -0.25) is 9.48 Å².